The van der Waals surface area contributed by atoms with Gasteiger partial charge in [0.2, 0.25) is 11.9 Å². The van der Waals surface area contributed by atoms with Crippen LogP contribution >= 0.6 is 11.6 Å². The quantitative estimate of drug-likeness (QED) is 0.610. The van der Waals surface area contributed by atoms with Crippen LogP contribution in [-0.2, 0) is 17.9 Å². The molecule has 31 heavy (non-hydrogen) atoms. The summed E-state index contributed by atoms with van der Waals surface area (Å²) in [7, 11) is 0. The summed E-state index contributed by atoms with van der Waals surface area (Å²) in [6.07, 6.45) is 0.544. The molecule has 0 unspecified atom stereocenters. The Morgan fingerprint density at radius 1 is 1.10 bits per heavy atom. The van der Waals surface area contributed by atoms with E-state index in [2.05, 4.69) is 15.6 Å². The van der Waals surface area contributed by atoms with Crippen LogP contribution in [0.4, 0.5) is 10.7 Å². The van der Waals surface area contributed by atoms with Crippen LogP contribution in [0.2, 0.25) is 5.02 Å². The molecule has 0 saturated heterocycles. The highest BCUT2D eigenvalue weighted by Crippen LogP contribution is 2.27. The molecular formula is C23H26ClN5O2. The topological polar surface area (TPSA) is 79.3 Å². The van der Waals surface area contributed by atoms with Gasteiger partial charge in [0.15, 0.2) is 0 Å². The minimum Gasteiger partial charge on any atom is -0.350 e. The molecule has 2 N–H and O–H groups in total. The maximum absolute atomic E-state index is 13.1. The summed E-state index contributed by atoms with van der Waals surface area (Å²) in [4.78, 5) is 32.1. The molecule has 2 heterocycles. The lowest BCUT2D eigenvalue weighted by Crippen LogP contribution is -2.51. The van der Waals surface area contributed by atoms with Crippen molar-refractivity contribution in [3.8, 4) is 0 Å². The zero-order valence-corrected chi connectivity index (χ0v) is 18.4. The van der Waals surface area contributed by atoms with Crippen LogP contribution < -0.4 is 15.5 Å². The van der Waals surface area contributed by atoms with Crippen LogP contribution in [0, 0.1) is 5.92 Å². The van der Waals surface area contributed by atoms with Gasteiger partial charge in [-0.2, -0.15) is 0 Å². The molecule has 162 valence electrons. The first-order valence-electron chi connectivity index (χ1n) is 10.5. The number of hydrogen-bond acceptors (Lipinski definition) is 3. The fourth-order valence-corrected chi connectivity index (χ4v) is 3.95. The third-order valence-corrected chi connectivity index (χ3v) is 5.62. The monoisotopic (exact) mass is 439 g/mol. The van der Waals surface area contributed by atoms with Crippen LogP contribution in [-0.4, -0.2) is 34.1 Å². The van der Waals surface area contributed by atoms with Crippen molar-refractivity contribution in [3.05, 3.63) is 59.1 Å². The largest absolute Gasteiger partial charge is 0.350 e. The number of anilines is 1. The van der Waals surface area contributed by atoms with Gasteiger partial charge in [-0.25, -0.2) is 9.78 Å². The molecule has 0 saturated carbocycles. The van der Waals surface area contributed by atoms with Crippen molar-refractivity contribution >= 4 is 40.5 Å². The number of fused-ring (bicyclic) bond motifs is 3. The van der Waals surface area contributed by atoms with E-state index in [9.17, 15) is 9.59 Å². The highest BCUT2D eigenvalue weighted by atomic mass is 35.5. The fourth-order valence-electron chi connectivity index (χ4n) is 3.83. The normalized spacial score (nSPS) is 14.0. The zero-order valence-electron chi connectivity index (χ0n) is 17.6. The number of imidazole rings is 1. The number of para-hydroxylation sites is 2. The van der Waals surface area contributed by atoms with Crippen molar-refractivity contribution in [2.45, 2.75) is 39.4 Å². The number of halogens is 1. The SMILES string of the molecule is CC(C)C[C@H](NC(=O)N1CCn2c1nc1ccccc12)C(=O)NCc1ccc(Cl)cc1. The summed E-state index contributed by atoms with van der Waals surface area (Å²) >= 11 is 5.92. The summed E-state index contributed by atoms with van der Waals surface area (Å²) < 4.78 is 2.03. The lowest BCUT2D eigenvalue weighted by Gasteiger charge is -2.23. The average Bonchev–Trinajstić information content (AvgIpc) is 3.31. The van der Waals surface area contributed by atoms with Crippen LogP contribution in [0.5, 0.6) is 0 Å². The van der Waals surface area contributed by atoms with Gasteiger partial charge in [0, 0.05) is 24.7 Å². The molecule has 2 aromatic carbocycles. The second kappa shape index (κ2) is 8.98. The van der Waals surface area contributed by atoms with Crippen LogP contribution in [0.25, 0.3) is 11.0 Å². The Labute approximate surface area is 186 Å². The minimum absolute atomic E-state index is 0.204. The molecule has 0 bridgehead atoms. The maximum atomic E-state index is 13.1. The standard InChI is InChI=1S/C23H26ClN5O2/c1-15(2)13-19(21(30)25-14-16-7-9-17(24)10-8-16)27-23(31)29-12-11-28-20-6-4-3-5-18(20)26-22(28)29/h3-10,15,19H,11-14H2,1-2H3,(H,25,30)(H,27,31)/t19-/m0/s1. The van der Waals surface area contributed by atoms with Gasteiger partial charge in [-0.05, 0) is 42.2 Å². The first-order chi connectivity index (χ1) is 14.9. The average molecular weight is 440 g/mol. The summed E-state index contributed by atoms with van der Waals surface area (Å²) in [6.45, 7) is 5.64. The summed E-state index contributed by atoms with van der Waals surface area (Å²) in [5.74, 6) is 0.656. The molecule has 4 rings (SSSR count). The summed E-state index contributed by atoms with van der Waals surface area (Å²) in [5, 5.41) is 6.50. The lowest BCUT2D eigenvalue weighted by atomic mass is 10.0. The number of rotatable bonds is 6. The van der Waals surface area contributed by atoms with Gasteiger partial charge in [0.05, 0.1) is 11.0 Å². The van der Waals surface area contributed by atoms with Gasteiger partial charge < -0.3 is 15.2 Å². The molecule has 1 aromatic heterocycles. The van der Waals surface area contributed by atoms with Crippen LogP contribution in [0.1, 0.15) is 25.8 Å². The van der Waals surface area contributed by atoms with Crippen molar-refractivity contribution < 1.29 is 9.59 Å². The van der Waals surface area contributed by atoms with E-state index in [4.69, 9.17) is 11.6 Å². The number of aromatic nitrogens is 2. The molecule has 1 aliphatic rings. The third kappa shape index (κ3) is 4.66. The summed E-state index contributed by atoms with van der Waals surface area (Å²) in [5.41, 5.74) is 2.81. The Bertz CT molecular complexity index is 1090. The van der Waals surface area contributed by atoms with Gasteiger partial charge in [-0.15, -0.1) is 0 Å². The smallest absolute Gasteiger partial charge is 0.324 e. The molecule has 8 heteroatoms. The van der Waals surface area contributed by atoms with Crippen molar-refractivity contribution in [3.63, 3.8) is 0 Å². The van der Waals surface area contributed by atoms with Gasteiger partial charge in [-0.3, -0.25) is 9.69 Å². The van der Waals surface area contributed by atoms with Gasteiger partial charge in [-0.1, -0.05) is 49.7 Å². The number of nitrogens with zero attached hydrogens (tertiary/aromatic N) is 3. The zero-order chi connectivity index (χ0) is 22.0. The number of nitrogens with one attached hydrogen (secondary N) is 2. The molecule has 1 atom stereocenters. The first-order valence-corrected chi connectivity index (χ1v) is 10.9. The van der Waals surface area contributed by atoms with Crippen LogP contribution in [0.15, 0.2) is 48.5 Å². The van der Waals surface area contributed by atoms with E-state index in [0.717, 1.165) is 16.6 Å². The number of amides is 3. The molecule has 0 radical (unpaired) electrons. The Hall–Kier alpha value is -3.06. The van der Waals surface area contributed by atoms with E-state index in [1.165, 1.54) is 0 Å². The highest BCUT2D eigenvalue weighted by Gasteiger charge is 2.31. The molecule has 1 aliphatic heterocycles. The highest BCUT2D eigenvalue weighted by molar-refractivity contribution is 6.30. The lowest BCUT2D eigenvalue weighted by molar-refractivity contribution is -0.123. The number of carbonyl (C=O) groups excluding carboxylic acids is 2. The molecule has 0 aliphatic carbocycles. The van der Waals surface area contributed by atoms with E-state index >= 15 is 0 Å². The predicted octanol–water partition coefficient (Wildman–Crippen LogP) is 3.95. The van der Waals surface area contributed by atoms with Crippen molar-refractivity contribution in [1.82, 2.24) is 20.2 Å². The van der Waals surface area contributed by atoms with Crippen molar-refractivity contribution in [1.29, 1.82) is 0 Å². The Balaban J connectivity index is 1.44. The summed E-state index contributed by atoms with van der Waals surface area (Å²) in [6, 6.07) is 14.2. The molecule has 0 fully saturated rings. The second-order valence-electron chi connectivity index (χ2n) is 8.18. The van der Waals surface area contributed by atoms with E-state index in [0.29, 0.717) is 37.0 Å². The van der Waals surface area contributed by atoms with Gasteiger partial charge in [0.25, 0.3) is 0 Å². The number of urea groups is 1. The molecule has 7 nitrogen and oxygen atoms in total. The minimum atomic E-state index is -0.627. The first kappa shape index (κ1) is 21.2. The molecule has 0 spiro atoms. The van der Waals surface area contributed by atoms with Crippen LogP contribution in [0.3, 0.4) is 0 Å². The molecular weight excluding hydrogens is 414 g/mol. The fraction of sp³-hybridized carbons (Fsp3) is 0.348. The number of hydrogen-bond donors (Lipinski definition) is 2. The Morgan fingerprint density at radius 3 is 2.58 bits per heavy atom. The number of benzene rings is 2. The van der Waals surface area contributed by atoms with Crippen molar-refractivity contribution in [2.24, 2.45) is 5.92 Å². The van der Waals surface area contributed by atoms with Gasteiger partial charge in [0.1, 0.15) is 6.04 Å². The van der Waals surface area contributed by atoms with E-state index < -0.39 is 6.04 Å². The van der Waals surface area contributed by atoms with E-state index in [1.54, 1.807) is 17.0 Å². The third-order valence-electron chi connectivity index (χ3n) is 5.37. The predicted molar refractivity (Wildman–Crippen MR) is 122 cm³/mol. The maximum Gasteiger partial charge on any atom is 0.324 e. The van der Waals surface area contributed by atoms with E-state index in [-0.39, 0.29) is 17.9 Å². The molecule has 3 amide bonds. The van der Waals surface area contributed by atoms with Gasteiger partial charge >= 0.3 is 6.03 Å². The number of carbonyl (C=O) groups is 2. The Kier molecular flexibility index (Phi) is 6.13. The molecule has 3 aromatic rings. The van der Waals surface area contributed by atoms with E-state index in [1.807, 2.05) is 54.8 Å². The van der Waals surface area contributed by atoms with Crippen molar-refractivity contribution in [2.75, 3.05) is 11.4 Å². The Morgan fingerprint density at radius 2 is 1.84 bits per heavy atom. The second-order valence-corrected chi connectivity index (χ2v) is 8.62.